The summed E-state index contributed by atoms with van der Waals surface area (Å²) < 4.78 is 25.0. The van der Waals surface area contributed by atoms with Crippen molar-refractivity contribution in [2.24, 2.45) is 0 Å². The zero-order chi connectivity index (χ0) is 15.8. The van der Waals surface area contributed by atoms with Gasteiger partial charge in [-0.3, -0.25) is 4.79 Å². The molecule has 1 atom stereocenters. The molecule has 1 aromatic carbocycles. The molecule has 1 aromatic heterocycles. The predicted octanol–water partition coefficient (Wildman–Crippen LogP) is 2.75. The third-order valence-corrected chi connectivity index (χ3v) is 6.74. The Labute approximate surface area is 128 Å². The van der Waals surface area contributed by atoms with Gasteiger partial charge in [0.25, 0.3) is 0 Å². The molecule has 0 bridgehead atoms. The second kappa shape index (κ2) is 5.73. The number of carbonyl (C=O) groups is 1. The van der Waals surface area contributed by atoms with E-state index in [1.165, 1.54) is 18.3 Å². The number of hydrogen-bond donors (Lipinski definition) is 1. The molecule has 21 heavy (non-hydrogen) atoms. The van der Waals surface area contributed by atoms with Gasteiger partial charge >= 0.3 is 0 Å². The summed E-state index contributed by atoms with van der Waals surface area (Å²) in [5, 5.41) is 1.35. The van der Waals surface area contributed by atoms with Crippen LogP contribution < -0.4 is 5.32 Å². The Morgan fingerprint density at radius 1 is 1.29 bits per heavy atom. The van der Waals surface area contributed by atoms with Crippen LogP contribution in [0.5, 0.6) is 0 Å². The Morgan fingerprint density at radius 3 is 2.57 bits per heavy atom. The molecule has 1 unspecified atom stereocenters. The maximum atomic E-state index is 12.1. The van der Waals surface area contributed by atoms with E-state index in [9.17, 15) is 13.2 Å². The quantitative estimate of drug-likeness (QED) is 0.937. The lowest BCUT2D eigenvalue weighted by atomic mass is 10.2. The number of nitrogens with zero attached hydrogens (tertiary/aromatic N) is 1. The first-order chi connectivity index (χ1) is 9.71. The fraction of sp³-hybridized carbons (Fsp3) is 0.429. The number of carbonyl (C=O) groups excluding carboxylic acids is 1. The lowest BCUT2D eigenvalue weighted by Gasteiger charge is -2.14. The van der Waals surface area contributed by atoms with Gasteiger partial charge in [-0.25, -0.2) is 13.4 Å². The number of amides is 1. The zero-order valence-corrected chi connectivity index (χ0v) is 14.0. The standard InChI is InChI=1S/C14H18N2O3S2/c1-8(2)21(18,19)10(4)13(17)16-14-15-11-6-5-9(3)7-12(11)20-14/h5-8,10H,1-4H3,(H,15,16,17). The van der Waals surface area contributed by atoms with Gasteiger partial charge in [-0.1, -0.05) is 17.4 Å². The highest BCUT2D eigenvalue weighted by Gasteiger charge is 2.31. The Kier molecular flexibility index (Phi) is 4.34. The third kappa shape index (κ3) is 3.24. The maximum Gasteiger partial charge on any atom is 0.244 e. The van der Waals surface area contributed by atoms with Crippen LogP contribution in [0, 0.1) is 6.92 Å². The Morgan fingerprint density at radius 2 is 1.95 bits per heavy atom. The van der Waals surface area contributed by atoms with E-state index in [0.717, 1.165) is 15.8 Å². The largest absolute Gasteiger partial charge is 0.301 e. The Balaban J connectivity index is 2.22. The van der Waals surface area contributed by atoms with Crippen LogP contribution in [0.4, 0.5) is 5.13 Å². The molecule has 1 N–H and O–H groups in total. The molecule has 0 aliphatic heterocycles. The minimum absolute atomic E-state index is 0.423. The monoisotopic (exact) mass is 326 g/mol. The molecule has 0 aliphatic rings. The van der Waals surface area contributed by atoms with Gasteiger partial charge in [-0.2, -0.15) is 0 Å². The number of thiazole rings is 1. The van der Waals surface area contributed by atoms with Gasteiger partial charge < -0.3 is 5.32 Å². The molecule has 1 heterocycles. The second-order valence-electron chi connectivity index (χ2n) is 5.26. The van der Waals surface area contributed by atoms with Crippen LogP contribution in [0.25, 0.3) is 10.2 Å². The van der Waals surface area contributed by atoms with Crippen molar-refractivity contribution in [2.45, 2.75) is 38.2 Å². The van der Waals surface area contributed by atoms with Crippen LogP contribution in [0.3, 0.4) is 0 Å². The van der Waals surface area contributed by atoms with Crippen molar-refractivity contribution in [1.82, 2.24) is 4.98 Å². The summed E-state index contributed by atoms with van der Waals surface area (Å²) in [6.45, 7) is 6.52. The van der Waals surface area contributed by atoms with Gasteiger partial charge in [0.05, 0.1) is 15.5 Å². The van der Waals surface area contributed by atoms with Gasteiger partial charge in [0, 0.05) is 0 Å². The molecule has 7 heteroatoms. The van der Waals surface area contributed by atoms with Crippen LogP contribution >= 0.6 is 11.3 Å². The molecule has 2 rings (SSSR count). The highest BCUT2D eigenvalue weighted by Crippen LogP contribution is 2.27. The highest BCUT2D eigenvalue weighted by molar-refractivity contribution is 7.93. The summed E-state index contributed by atoms with van der Waals surface area (Å²) in [4.78, 5) is 16.4. The third-order valence-electron chi connectivity index (χ3n) is 3.29. The number of anilines is 1. The molecular formula is C14H18N2O3S2. The minimum atomic E-state index is -3.47. The number of fused-ring (bicyclic) bond motifs is 1. The lowest BCUT2D eigenvalue weighted by Crippen LogP contribution is -2.36. The number of nitrogens with one attached hydrogen (secondary N) is 1. The van der Waals surface area contributed by atoms with Crippen molar-refractivity contribution in [3.8, 4) is 0 Å². The van der Waals surface area contributed by atoms with Crippen molar-refractivity contribution in [1.29, 1.82) is 0 Å². The summed E-state index contributed by atoms with van der Waals surface area (Å²) in [6.07, 6.45) is 0. The number of sulfone groups is 1. The molecule has 2 aromatic rings. The van der Waals surface area contributed by atoms with Crippen molar-refractivity contribution < 1.29 is 13.2 Å². The minimum Gasteiger partial charge on any atom is -0.301 e. The normalized spacial score (nSPS) is 13.6. The predicted molar refractivity (Wildman–Crippen MR) is 86.5 cm³/mol. The molecule has 1 amide bonds. The van der Waals surface area contributed by atoms with E-state index in [1.54, 1.807) is 13.8 Å². The van der Waals surface area contributed by atoms with Crippen molar-refractivity contribution in [3.05, 3.63) is 23.8 Å². The van der Waals surface area contributed by atoms with E-state index in [0.29, 0.717) is 5.13 Å². The summed E-state index contributed by atoms with van der Waals surface area (Å²) in [5.41, 5.74) is 1.90. The van der Waals surface area contributed by atoms with Crippen LogP contribution in [0.15, 0.2) is 18.2 Å². The fourth-order valence-electron chi connectivity index (χ4n) is 1.85. The summed E-state index contributed by atoms with van der Waals surface area (Å²) >= 11 is 1.34. The van der Waals surface area contributed by atoms with Gasteiger partial charge in [0.15, 0.2) is 15.0 Å². The molecule has 0 radical (unpaired) electrons. The van der Waals surface area contributed by atoms with E-state index in [-0.39, 0.29) is 0 Å². The van der Waals surface area contributed by atoms with Crippen LogP contribution in [-0.2, 0) is 14.6 Å². The number of rotatable bonds is 4. The molecule has 0 saturated carbocycles. The molecule has 5 nitrogen and oxygen atoms in total. The topological polar surface area (TPSA) is 76.1 Å². The number of aryl methyl sites for hydroxylation is 1. The van der Waals surface area contributed by atoms with Crippen LogP contribution in [-0.4, -0.2) is 29.8 Å². The first-order valence-electron chi connectivity index (χ1n) is 6.62. The van der Waals surface area contributed by atoms with Gasteiger partial charge in [-0.05, 0) is 45.4 Å². The average molecular weight is 326 g/mol. The Hall–Kier alpha value is -1.47. The van der Waals surface area contributed by atoms with Crippen LogP contribution in [0.1, 0.15) is 26.3 Å². The van der Waals surface area contributed by atoms with Gasteiger partial charge in [0.2, 0.25) is 5.91 Å². The van der Waals surface area contributed by atoms with E-state index >= 15 is 0 Å². The van der Waals surface area contributed by atoms with E-state index in [2.05, 4.69) is 10.3 Å². The smallest absolute Gasteiger partial charge is 0.244 e. The first-order valence-corrected chi connectivity index (χ1v) is 9.05. The summed E-state index contributed by atoms with van der Waals surface area (Å²) in [5.74, 6) is -0.542. The Bertz CT molecular complexity index is 779. The lowest BCUT2D eigenvalue weighted by molar-refractivity contribution is -0.115. The van der Waals surface area contributed by atoms with Gasteiger partial charge in [-0.15, -0.1) is 0 Å². The number of aromatic nitrogens is 1. The summed E-state index contributed by atoms with van der Waals surface area (Å²) in [7, 11) is -3.47. The maximum absolute atomic E-state index is 12.1. The first kappa shape index (κ1) is 15.9. The van der Waals surface area contributed by atoms with Gasteiger partial charge in [0.1, 0.15) is 5.25 Å². The van der Waals surface area contributed by atoms with Crippen molar-refractivity contribution in [2.75, 3.05) is 5.32 Å². The van der Waals surface area contributed by atoms with Crippen molar-refractivity contribution in [3.63, 3.8) is 0 Å². The number of hydrogen-bond acceptors (Lipinski definition) is 5. The zero-order valence-electron chi connectivity index (χ0n) is 12.4. The van der Waals surface area contributed by atoms with E-state index in [4.69, 9.17) is 0 Å². The average Bonchev–Trinajstić information content (AvgIpc) is 2.78. The molecule has 0 saturated heterocycles. The van der Waals surface area contributed by atoms with Crippen molar-refractivity contribution >= 4 is 42.4 Å². The molecule has 0 aliphatic carbocycles. The van der Waals surface area contributed by atoms with E-state index < -0.39 is 26.2 Å². The van der Waals surface area contributed by atoms with Crippen LogP contribution in [0.2, 0.25) is 0 Å². The highest BCUT2D eigenvalue weighted by atomic mass is 32.2. The fourth-order valence-corrected chi connectivity index (χ4v) is 3.99. The SMILES string of the molecule is Cc1ccc2nc(NC(=O)C(C)S(=O)(=O)C(C)C)sc2c1. The molecule has 114 valence electrons. The molecule has 0 fully saturated rings. The summed E-state index contributed by atoms with van der Waals surface area (Å²) in [6, 6.07) is 5.81. The molecule has 0 spiro atoms. The molecular weight excluding hydrogens is 308 g/mol. The number of benzene rings is 1. The second-order valence-corrected chi connectivity index (χ2v) is 9.12. The van der Waals surface area contributed by atoms with E-state index in [1.807, 2.05) is 25.1 Å².